The smallest absolute Gasteiger partial charge is 0.351 e. The van der Waals surface area contributed by atoms with Crippen LogP contribution in [-0.4, -0.2) is 226 Å². The van der Waals surface area contributed by atoms with Crippen LogP contribution in [0.3, 0.4) is 0 Å². The van der Waals surface area contributed by atoms with Crippen LogP contribution in [0.2, 0.25) is 0 Å². The van der Waals surface area contributed by atoms with Crippen molar-refractivity contribution < 1.29 is 65.9 Å². The Balaban J connectivity index is 1.37. The van der Waals surface area contributed by atoms with Gasteiger partial charge < -0.3 is 55.6 Å². The summed E-state index contributed by atoms with van der Waals surface area (Å²) in [6, 6.07) is -9.81. The number of likely N-dealkylation sites (N-methyl/N-ethyl adjacent to an activating group) is 6. The van der Waals surface area contributed by atoms with Gasteiger partial charge in [0.25, 0.3) is 0 Å². The molecule has 2 saturated heterocycles. The van der Waals surface area contributed by atoms with Crippen molar-refractivity contribution >= 4 is 76.6 Å². The molecule has 26 heteroatoms. The number of halogens is 4. The number of hydrogen-bond acceptors (Lipinski definition) is 11. The molecule has 6 aliphatic rings. The second kappa shape index (κ2) is 33.5. The lowest BCUT2D eigenvalue weighted by atomic mass is 9.78. The summed E-state index contributed by atoms with van der Waals surface area (Å²) in [6.45, 7) is 13.9. The fourth-order valence-electron chi connectivity index (χ4n) is 15.2. The van der Waals surface area contributed by atoms with E-state index in [2.05, 4.69) is 28.2 Å². The van der Waals surface area contributed by atoms with Crippen LogP contribution in [0.1, 0.15) is 197 Å². The molecule has 4 aliphatic carbocycles. The van der Waals surface area contributed by atoms with Crippen LogP contribution in [0, 0.1) is 41.4 Å². The van der Waals surface area contributed by atoms with Crippen LogP contribution in [0.15, 0.2) is 0 Å². The van der Waals surface area contributed by atoms with E-state index in [-0.39, 0.29) is 101 Å². The zero-order valence-electron chi connectivity index (χ0n) is 58.4. The third-order valence-electron chi connectivity index (χ3n) is 22.1. The molecule has 2 heterocycles. The van der Waals surface area contributed by atoms with Gasteiger partial charge in [-0.05, 0) is 133 Å². The average molecular weight is 1350 g/mol. The van der Waals surface area contributed by atoms with Gasteiger partial charge in [-0.2, -0.15) is 13.2 Å². The van der Waals surface area contributed by atoms with Crippen LogP contribution >= 0.6 is 11.6 Å². The zero-order chi connectivity index (χ0) is 70.0. The lowest BCUT2D eigenvalue weighted by Crippen LogP contribution is -2.65. The van der Waals surface area contributed by atoms with E-state index in [1.807, 2.05) is 20.8 Å². The standard InChI is InChI=1S/C68H111ClF3N11O11/c1-15-41(5)56-65(93)79(11)44(8)61(89)83-33-30-51(83)64(92)81(13)53(37-46-24-22-40(4)23-25-46)63(91)77(9)38-54(84)74-50(29-27-45-26-28-48(49(69)36-45)68(70,71)72)62(90)78(10)43(7)58(86)76-67(31-18-19-32-67)66(94)82(14)57(47-20-16-17-21-47)60(88)73-42(6)35-55(85)80(12)52(34-39(2)3)59(87)75-56/h39-53,56-57H,15-38H2,1-14H3,(H,73,88)(H,74,84)(H,75,87)(H,76,86)/t40?,41-,42+,43-,44-,45?,46?,48?,49?,50-,51-,52-,53-,56-,57-/m0/s1. The molecule has 0 radical (unpaired) electrons. The van der Waals surface area contributed by atoms with Gasteiger partial charge >= 0.3 is 6.18 Å². The highest BCUT2D eigenvalue weighted by molar-refractivity contribution is 6.20. The number of amides is 11. The topological polar surface area (TPSA) is 259 Å². The maximum absolute atomic E-state index is 15.2. The summed E-state index contributed by atoms with van der Waals surface area (Å²) in [6.07, 6.45) is 4.35. The molecule has 0 bridgehead atoms. The van der Waals surface area contributed by atoms with Gasteiger partial charge in [0.1, 0.15) is 53.9 Å². The molecule has 0 aromatic heterocycles. The summed E-state index contributed by atoms with van der Waals surface area (Å²) >= 11 is 6.37. The Morgan fingerprint density at radius 2 is 1.21 bits per heavy atom. The van der Waals surface area contributed by atoms with Crippen LogP contribution in [0.5, 0.6) is 0 Å². The van der Waals surface area contributed by atoms with Crippen molar-refractivity contribution in [3.8, 4) is 0 Å². The molecule has 6 fully saturated rings. The first-order valence-corrected chi connectivity index (χ1v) is 35.3. The highest BCUT2D eigenvalue weighted by Gasteiger charge is 2.51. The monoisotopic (exact) mass is 1350 g/mol. The van der Waals surface area contributed by atoms with Gasteiger partial charge in [-0.3, -0.25) is 52.7 Å². The van der Waals surface area contributed by atoms with Crippen LogP contribution in [-0.2, 0) is 52.7 Å². The Labute approximate surface area is 560 Å². The number of nitrogens with one attached hydrogen (secondary N) is 4. The summed E-state index contributed by atoms with van der Waals surface area (Å²) in [7, 11) is 8.78. The van der Waals surface area contributed by atoms with E-state index in [1.54, 1.807) is 20.8 Å². The Morgan fingerprint density at radius 3 is 1.78 bits per heavy atom. The van der Waals surface area contributed by atoms with E-state index in [9.17, 15) is 61.1 Å². The lowest BCUT2D eigenvalue weighted by Gasteiger charge is -2.45. The van der Waals surface area contributed by atoms with E-state index in [0.717, 1.165) is 43.4 Å². The van der Waals surface area contributed by atoms with Gasteiger partial charge in [0, 0.05) is 66.7 Å². The highest BCUT2D eigenvalue weighted by atomic mass is 35.5. The quantitative estimate of drug-likeness (QED) is 0.174. The molecule has 2 aliphatic heterocycles. The summed E-state index contributed by atoms with van der Waals surface area (Å²) in [5.41, 5.74) is -1.49. The molecule has 3 unspecified atom stereocenters. The van der Waals surface area contributed by atoms with Crippen molar-refractivity contribution in [1.82, 2.24) is 55.6 Å². The van der Waals surface area contributed by atoms with Gasteiger partial charge in [-0.15, -0.1) is 11.6 Å². The van der Waals surface area contributed by atoms with Gasteiger partial charge in [0.15, 0.2) is 0 Å². The number of hydrogen-bond donors (Lipinski definition) is 4. The van der Waals surface area contributed by atoms with Crippen molar-refractivity contribution in [2.45, 2.75) is 268 Å². The molecule has 0 aromatic carbocycles. The van der Waals surface area contributed by atoms with Gasteiger partial charge in [-0.1, -0.05) is 92.4 Å². The van der Waals surface area contributed by atoms with Crippen molar-refractivity contribution in [1.29, 1.82) is 0 Å². The van der Waals surface area contributed by atoms with Crippen LogP contribution < -0.4 is 21.3 Å². The average Bonchev–Trinajstić information content (AvgIpc) is 1.30. The maximum atomic E-state index is 15.2. The minimum absolute atomic E-state index is 0.00525. The molecule has 11 amide bonds. The summed E-state index contributed by atoms with van der Waals surface area (Å²) < 4.78 is 41.8. The van der Waals surface area contributed by atoms with Gasteiger partial charge in [0.2, 0.25) is 65.0 Å². The first-order chi connectivity index (χ1) is 44.0. The van der Waals surface area contributed by atoms with Crippen molar-refractivity contribution in [2.75, 3.05) is 55.4 Å². The van der Waals surface area contributed by atoms with Gasteiger partial charge in [-0.25, -0.2) is 0 Å². The molecular weight excluding hydrogens is 1240 g/mol. The number of fused-ring (bicyclic) bond motifs is 1. The molecular formula is C68H111ClF3N11O11. The fourth-order valence-corrected chi connectivity index (χ4v) is 15.8. The number of nitrogens with zero attached hydrogens (tertiary/aromatic N) is 7. The summed E-state index contributed by atoms with van der Waals surface area (Å²) in [4.78, 5) is 171. The molecule has 0 aromatic rings. The Morgan fingerprint density at radius 1 is 0.606 bits per heavy atom. The minimum atomic E-state index is -4.50. The van der Waals surface area contributed by atoms with Crippen LogP contribution in [0.25, 0.3) is 0 Å². The highest BCUT2D eigenvalue weighted by Crippen LogP contribution is 2.44. The van der Waals surface area contributed by atoms with Gasteiger partial charge in [0.05, 0.1) is 12.5 Å². The number of rotatable bonds is 10. The number of alkyl halides is 4. The molecule has 4 N–H and O–H groups in total. The minimum Gasteiger partial charge on any atom is -0.351 e. The third-order valence-corrected chi connectivity index (χ3v) is 22.6. The molecule has 4 saturated carbocycles. The summed E-state index contributed by atoms with van der Waals surface area (Å²) in [5.74, 6) is -8.80. The number of carbonyl (C=O) groups excluding carboxylic acids is 11. The molecule has 22 nitrogen and oxygen atoms in total. The van der Waals surface area contributed by atoms with E-state index in [0.29, 0.717) is 38.0 Å². The van der Waals surface area contributed by atoms with E-state index < -0.39 is 155 Å². The fraction of sp³-hybridized carbons (Fsp3) is 0.838. The molecule has 94 heavy (non-hydrogen) atoms. The van der Waals surface area contributed by atoms with E-state index in [1.165, 1.54) is 78.6 Å². The van der Waals surface area contributed by atoms with Crippen molar-refractivity contribution in [3.63, 3.8) is 0 Å². The molecule has 13 atom stereocenters. The van der Waals surface area contributed by atoms with E-state index in [4.69, 9.17) is 11.6 Å². The van der Waals surface area contributed by atoms with Crippen molar-refractivity contribution in [3.05, 3.63) is 0 Å². The Hall–Kier alpha value is -5.75. The zero-order valence-corrected chi connectivity index (χ0v) is 59.2. The predicted octanol–water partition coefficient (Wildman–Crippen LogP) is 6.39. The lowest BCUT2D eigenvalue weighted by molar-refractivity contribution is -0.182. The first-order valence-electron chi connectivity index (χ1n) is 34.8. The Bertz CT molecular complexity index is 2710. The molecule has 6 rings (SSSR count). The Kier molecular flexibility index (Phi) is 27.5. The third kappa shape index (κ3) is 18.9. The largest absolute Gasteiger partial charge is 0.393 e. The molecule has 1 spiro atoms. The second-order valence-corrected chi connectivity index (χ2v) is 30.0. The van der Waals surface area contributed by atoms with Crippen LogP contribution in [0.4, 0.5) is 13.2 Å². The second-order valence-electron chi connectivity index (χ2n) is 29.5. The summed E-state index contributed by atoms with van der Waals surface area (Å²) in [5, 5.41) is 10.5. The predicted molar refractivity (Wildman–Crippen MR) is 350 cm³/mol. The SMILES string of the molecule is CC[C@H](C)[C@@H]1NC(=O)[C@H](CC(C)C)N(C)C(=O)C[C@@H](C)NC(=O)[C@H](C2CCCC2)N(C)C(=O)C2(CCCC2)NC(=O)[C@H](C)N(C)C(=O)[C@H](CCC2CCC(C(F)(F)F)C(Cl)C2)NC(=O)CN(C)C(=O)[C@H](CC2CCC(C)CC2)N(C)C(=O)[C@@H]2CCN2C(=O)[C@H](C)N(C)C1=O. The maximum Gasteiger partial charge on any atom is 0.393 e. The number of carbonyl (C=O) groups is 11. The normalized spacial score (nSPS) is 32.9. The van der Waals surface area contributed by atoms with E-state index >= 15 is 4.79 Å². The molecule has 532 valence electrons. The first kappa shape index (κ1) is 77.3. The van der Waals surface area contributed by atoms with Crippen molar-refractivity contribution in [2.24, 2.45) is 41.4 Å².